The molecule has 0 aromatic heterocycles. The first-order valence-corrected chi connectivity index (χ1v) is 10.6. The zero-order valence-electron chi connectivity index (χ0n) is 18.1. The monoisotopic (exact) mass is 412 g/mol. The molecule has 0 bridgehead atoms. The smallest absolute Gasteiger partial charge is 0.251 e. The molecule has 0 saturated carbocycles. The highest BCUT2D eigenvalue weighted by atomic mass is 16.5. The minimum absolute atomic E-state index is 0.105. The first-order valence-electron chi connectivity index (χ1n) is 10.6. The molecule has 162 valence electrons. The van der Waals surface area contributed by atoms with Gasteiger partial charge in [0.1, 0.15) is 6.61 Å². The van der Waals surface area contributed by atoms with Crippen LogP contribution in [0.4, 0.5) is 0 Å². The van der Waals surface area contributed by atoms with E-state index >= 15 is 0 Å². The summed E-state index contributed by atoms with van der Waals surface area (Å²) < 4.78 is 17.0. The molecule has 1 aliphatic heterocycles. The fraction of sp³-hybridized carbons (Fsp3) is 0.458. The summed E-state index contributed by atoms with van der Waals surface area (Å²) in [7, 11) is 1.58. The lowest BCUT2D eigenvalue weighted by Gasteiger charge is -2.35. The number of amides is 1. The maximum absolute atomic E-state index is 12.5. The van der Waals surface area contributed by atoms with Crippen molar-refractivity contribution in [3.05, 3.63) is 59.7 Å². The van der Waals surface area contributed by atoms with Gasteiger partial charge in [-0.05, 0) is 44.0 Å². The van der Waals surface area contributed by atoms with E-state index in [0.29, 0.717) is 30.2 Å². The van der Waals surface area contributed by atoms with Crippen LogP contribution < -0.4 is 14.8 Å². The van der Waals surface area contributed by atoms with Crippen LogP contribution in [0.2, 0.25) is 0 Å². The largest absolute Gasteiger partial charge is 0.493 e. The van der Waals surface area contributed by atoms with Crippen molar-refractivity contribution < 1.29 is 19.0 Å². The van der Waals surface area contributed by atoms with Crippen LogP contribution in [-0.2, 0) is 11.3 Å². The Hall–Kier alpha value is -2.57. The Balaban J connectivity index is 1.47. The van der Waals surface area contributed by atoms with E-state index in [0.717, 1.165) is 31.6 Å². The van der Waals surface area contributed by atoms with Crippen molar-refractivity contribution in [3.8, 4) is 11.5 Å². The summed E-state index contributed by atoms with van der Waals surface area (Å²) in [5.74, 6) is 1.06. The minimum atomic E-state index is -0.105. The molecule has 0 spiro atoms. The Morgan fingerprint density at radius 1 is 1.10 bits per heavy atom. The molecule has 0 aliphatic carbocycles. The number of nitrogens with zero attached hydrogens (tertiary/aromatic N) is 1. The number of hydrogen-bond acceptors (Lipinski definition) is 5. The molecule has 1 heterocycles. The van der Waals surface area contributed by atoms with Crippen molar-refractivity contribution in [1.82, 2.24) is 10.2 Å². The number of carbonyl (C=O) groups excluding carboxylic acids is 1. The minimum Gasteiger partial charge on any atom is -0.493 e. The van der Waals surface area contributed by atoms with Crippen molar-refractivity contribution in [2.24, 2.45) is 0 Å². The molecule has 1 saturated heterocycles. The molecule has 6 nitrogen and oxygen atoms in total. The van der Waals surface area contributed by atoms with Gasteiger partial charge in [0.05, 0.1) is 19.3 Å². The van der Waals surface area contributed by atoms with Crippen LogP contribution in [0, 0.1) is 0 Å². The van der Waals surface area contributed by atoms with Gasteiger partial charge in [-0.25, -0.2) is 0 Å². The second kappa shape index (κ2) is 11.0. The summed E-state index contributed by atoms with van der Waals surface area (Å²) in [4.78, 5) is 14.9. The van der Waals surface area contributed by atoms with Gasteiger partial charge < -0.3 is 19.5 Å². The fourth-order valence-electron chi connectivity index (χ4n) is 3.74. The SMILES string of the molecule is COc1cc(C(=O)NCCCN2CC(C)OC(C)C2)ccc1OCc1ccccc1. The highest BCUT2D eigenvalue weighted by Crippen LogP contribution is 2.28. The van der Waals surface area contributed by atoms with E-state index in [1.165, 1.54) is 0 Å². The lowest BCUT2D eigenvalue weighted by molar-refractivity contribution is -0.0679. The fourth-order valence-corrected chi connectivity index (χ4v) is 3.74. The predicted molar refractivity (Wildman–Crippen MR) is 117 cm³/mol. The topological polar surface area (TPSA) is 60.0 Å². The molecule has 30 heavy (non-hydrogen) atoms. The highest BCUT2D eigenvalue weighted by Gasteiger charge is 2.21. The van der Waals surface area contributed by atoms with Crippen molar-refractivity contribution in [1.29, 1.82) is 0 Å². The van der Waals surface area contributed by atoms with E-state index in [1.54, 1.807) is 25.3 Å². The number of methoxy groups -OCH3 is 1. The number of nitrogens with one attached hydrogen (secondary N) is 1. The van der Waals surface area contributed by atoms with Gasteiger partial charge in [-0.1, -0.05) is 30.3 Å². The molecular weight excluding hydrogens is 380 g/mol. The number of hydrogen-bond donors (Lipinski definition) is 1. The third-order valence-electron chi connectivity index (χ3n) is 5.09. The summed E-state index contributed by atoms with van der Waals surface area (Å²) >= 11 is 0. The zero-order valence-corrected chi connectivity index (χ0v) is 18.1. The number of carbonyl (C=O) groups is 1. The van der Waals surface area contributed by atoms with Crippen LogP contribution in [-0.4, -0.2) is 56.3 Å². The van der Waals surface area contributed by atoms with Crippen molar-refractivity contribution >= 4 is 5.91 Å². The first-order chi connectivity index (χ1) is 14.5. The van der Waals surface area contributed by atoms with E-state index in [-0.39, 0.29) is 18.1 Å². The molecule has 1 amide bonds. The maximum Gasteiger partial charge on any atom is 0.251 e. The molecule has 3 rings (SSSR count). The van der Waals surface area contributed by atoms with Crippen LogP contribution in [0.1, 0.15) is 36.2 Å². The van der Waals surface area contributed by atoms with Crippen LogP contribution in [0.3, 0.4) is 0 Å². The van der Waals surface area contributed by atoms with E-state index in [2.05, 4.69) is 24.1 Å². The number of rotatable bonds is 9. The summed E-state index contributed by atoms with van der Waals surface area (Å²) in [6, 6.07) is 15.2. The van der Waals surface area contributed by atoms with Crippen LogP contribution in [0.5, 0.6) is 11.5 Å². The summed E-state index contributed by atoms with van der Waals surface area (Å²) in [5.41, 5.74) is 1.64. The molecule has 1 aliphatic rings. The summed E-state index contributed by atoms with van der Waals surface area (Å²) in [5, 5.41) is 3.00. The van der Waals surface area contributed by atoms with E-state index in [9.17, 15) is 4.79 Å². The normalized spacial score (nSPS) is 19.3. The molecule has 1 N–H and O–H groups in total. The standard InChI is InChI=1S/C24H32N2O4/c1-18-15-26(16-19(2)30-18)13-7-12-25-24(27)21-10-11-22(23(14-21)28-3)29-17-20-8-5-4-6-9-20/h4-6,8-11,14,18-19H,7,12-13,15-17H2,1-3H3,(H,25,27). The highest BCUT2D eigenvalue weighted by molar-refractivity contribution is 5.94. The average molecular weight is 413 g/mol. The lowest BCUT2D eigenvalue weighted by Crippen LogP contribution is -2.46. The third kappa shape index (κ3) is 6.47. The van der Waals surface area contributed by atoms with Crippen LogP contribution >= 0.6 is 0 Å². The lowest BCUT2D eigenvalue weighted by atomic mass is 10.1. The first kappa shape index (κ1) is 22.1. The Kier molecular flexibility index (Phi) is 8.11. The van der Waals surface area contributed by atoms with Gasteiger partial charge in [0, 0.05) is 31.7 Å². The molecule has 2 aromatic carbocycles. The molecule has 2 unspecified atom stereocenters. The average Bonchev–Trinajstić information content (AvgIpc) is 2.75. The van der Waals surface area contributed by atoms with Gasteiger partial charge in [-0.15, -0.1) is 0 Å². The molecule has 2 aromatic rings. The Morgan fingerprint density at radius 3 is 2.53 bits per heavy atom. The maximum atomic E-state index is 12.5. The second-order valence-electron chi connectivity index (χ2n) is 7.77. The van der Waals surface area contributed by atoms with E-state index in [1.807, 2.05) is 30.3 Å². The Labute approximate surface area is 179 Å². The van der Waals surface area contributed by atoms with Crippen LogP contribution in [0.15, 0.2) is 48.5 Å². The molecule has 6 heteroatoms. The second-order valence-corrected chi connectivity index (χ2v) is 7.77. The zero-order chi connectivity index (χ0) is 21.3. The van der Waals surface area contributed by atoms with Gasteiger partial charge in [-0.3, -0.25) is 9.69 Å². The van der Waals surface area contributed by atoms with Crippen molar-refractivity contribution in [3.63, 3.8) is 0 Å². The Bertz CT molecular complexity index is 802. The van der Waals surface area contributed by atoms with Crippen LogP contribution in [0.25, 0.3) is 0 Å². The van der Waals surface area contributed by atoms with Gasteiger partial charge in [0.2, 0.25) is 0 Å². The summed E-state index contributed by atoms with van der Waals surface area (Å²) in [6.07, 6.45) is 1.43. The molecule has 1 fully saturated rings. The van der Waals surface area contributed by atoms with Gasteiger partial charge in [0.15, 0.2) is 11.5 Å². The third-order valence-corrected chi connectivity index (χ3v) is 5.09. The summed E-state index contributed by atoms with van der Waals surface area (Å²) in [6.45, 7) is 8.12. The van der Waals surface area contributed by atoms with Crippen molar-refractivity contribution in [2.75, 3.05) is 33.3 Å². The van der Waals surface area contributed by atoms with E-state index < -0.39 is 0 Å². The van der Waals surface area contributed by atoms with Gasteiger partial charge >= 0.3 is 0 Å². The van der Waals surface area contributed by atoms with Gasteiger partial charge in [-0.2, -0.15) is 0 Å². The van der Waals surface area contributed by atoms with Crippen molar-refractivity contribution in [2.45, 2.75) is 39.1 Å². The molecular formula is C24H32N2O4. The van der Waals surface area contributed by atoms with Gasteiger partial charge in [0.25, 0.3) is 5.91 Å². The quantitative estimate of drug-likeness (QED) is 0.639. The Morgan fingerprint density at radius 2 is 1.83 bits per heavy atom. The number of ether oxygens (including phenoxy) is 3. The predicted octanol–water partition coefficient (Wildman–Crippen LogP) is 3.50. The number of benzene rings is 2. The number of morpholine rings is 1. The molecule has 0 radical (unpaired) electrons. The van der Waals surface area contributed by atoms with E-state index in [4.69, 9.17) is 14.2 Å². The molecule has 2 atom stereocenters.